The molecular formula is C16H21N3O2. The number of aryl methyl sites for hydroxylation is 1. The van der Waals surface area contributed by atoms with E-state index in [1.807, 2.05) is 24.8 Å². The number of imidazole rings is 1. The van der Waals surface area contributed by atoms with Gasteiger partial charge in [0.15, 0.2) is 11.5 Å². The Morgan fingerprint density at radius 1 is 1.19 bits per heavy atom. The largest absolute Gasteiger partial charge is 0.490 e. The quantitative estimate of drug-likeness (QED) is 0.828. The third-order valence-electron chi connectivity index (χ3n) is 3.47. The van der Waals surface area contributed by atoms with E-state index in [0.29, 0.717) is 0 Å². The lowest BCUT2D eigenvalue weighted by atomic mass is 10.2. The monoisotopic (exact) mass is 287 g/mol. The molecule has 0 radical (unpaired) electrons. The number of fused-ring (bicyclic) bond motifs is 1. The second-order valence-electron chi connectivity index (χ2n) is 5.16. The fraction of sp³-hybridized carbons (Fsp3) is 0.438. The first-order valence-corrected chi connectivity index (χ1v) is 7.47. The standard InChI is InChI=1S/C16H21N3O2/c1(7-19-8-6-18-13-19)5-17-12-14-3-4-15-16(11-14)21-10-2-9-20-15/h3-4,6,8,11,13,17H,1-2,5,7,9-10,12H2. The number of nitrogens with one attached hydrogen (secondary N) is 1. The number of nitrogens with zero attached hydrogens (tertiary/aromatic N) is 2. The molecule has 0 spiro atoms. The first-order chi connectivity index (χ1) is 10.4. The summed E-state index contributed by atoms with van der Waals surface area (Å²) in [5, 5.41) is 3.46. The molecule has 0 saturated heterocycles. The van der Waals surface area contributed by atoms with Crippen LogP contribution >= 0.6 is 0 Å². The summed E-state index contributed by atoms with van der Waals surface area (Å²) in [5.41, 5.74) is 1.22. The molecule has 0 fully saturated rings. The highest BCUT2D eigenvalue weighted by atomic mass is 16.5. The van der Waals surface area contributed by atoms with Gasteiger partial charge in [-0.05, 0) is 30.7 Å². The van der Waals surface area contributed by atoms with Crippen LogP contribution in [0.15, 0.2) is 36.9 Å². The van der Waals surface area contributed by atoms with Crippen LogP contribution in [0.5, 0.6) is 11.5 Å². The van der Waals surface area contributed by atoms with Crippen LogP contribution in [0.1, 0.15) is 18.4 Å². The molecule has 0 saturated carbocycles. The molecule has 0 atom stereocenters. The van der Waals surface area contributed by atoms with E-state index in [0.717, 1.165) is 57.2 Å². The van der Waals surface area contributed by atoms with E-state index in [-0.39, 0.29) is 0 Å². The highest BCUT2D eigenvalue weighted by Gasteiger charge is 2.10. The Balaban J connectivity index is 1.44. The number of hydrogen-bond donors (Lipinski definition) is 1. The molecule has 5 heteroatoms. The molecule has 2 aromatic rings. The van der Waals surface area contributed by atoms with Gasteiger partial charge in [0.1, 0.15) is 0 Å². The molecule has 0 bridgehead atoms. The van der Waals surface area contributed by atoms with Gasteiger partial charge in [0.05, 0.1) is 19.5 Å². The number of rotatable bonds is 6. The predicted octanol–water partition coefficient (Wildman–Crippen LogP) is 2.22. The number of hydrogen-bond acceptors (Lipinski definition) is 4. The van der Waals surface area contributed by atoms with E-state index < -0.39 is 0 Å². The maximum Gasteiger partial charge on any atom is 0.161 e. The average molecular weight is 287 g/mol. The van der Waals surface area contributed by atoms with Crippen LogP contribution in [0.4, 0.5) is 0 Å². The minimum Gasteiger partial charge on any atom is -0.490 e. The van der Waals surface area contributed by atoms with Crippen molar-refractivity contribution < 1.29 is 9.47 Å². The molecule has 1 aromatic heterocycles. The molecule has 1 aliphatic heterocycles. The zero-order valence-corrected chi connectivity index (χ0v) is 12.1. The third kappa shape index (κ3) is 3.98. The van der Waals surface area contributed by atoms with Gasteiger partial charge in [-0.3, -0.25) is 0 Å². The second kappa shape index (κ2) is 7.13. The lowest BCUT2D eigenvalue weighted by Crippen LogP contribution is -2.16. The van der Waals surface area contributed by atoms with Gasteiger partial charge in [0, 0.05) is 31.9 Å². The minimum atomic E-state index is 0.731. The summed E-state index contributed by atoms with van der Waals surface area (Å²) >= 11 is 0. The van der Waals surface area contributed by atoms with Crippen molar-refractivity contribution in [3.05, 3.63) is 42.5 Å². The van der Waals surface area contributed by atoms with Crippen LogP contribution in [0.25, 0.3) is 0 Å². The van der Waals surface area contributed by atoms with Crippen molar-refractivity contribution in [3.8, 4) is 11.5 Å². The van der Waals surface area contributed by atoms with Crippen molar-refractivity contribution in [1.82, 2.24) is 14.9 Å². The fourth-order valence-electron chi connectivity index (χ4n) is 2.36. The molecule has 1 aliphatic rings. The summed E-state index contributed by atoms with van der Waals surface area (Å²) in [6.45, 7) is 4.29. The fourth-order valence-corrected chi connectivity index (χ4v) is 2.36. The molecule has 0 unspecified atom stereocenters. The number of benzene rings is 1. The van der Waals surface area contributed by atoms with Crippen molar-refractivity contribution in [2.75, 3.05) is 19.8 Å². The lowest BCUT2D eigenvalue weighted by Gasteiger charge is -2.10. The highest BCUT2D eigenvalue weighted by Crippen LogP contribution is 2.30. The molecule has 0 aliphatic carbocycles. The molecule has 1 aromatic carbocycles. The van der Waals surface area contributed by atoms with Crippen LogP contribution in [-0.2, 0) is 13.1 Å². The molecule has 5 nitrogen and oxygen atoms in total. The molecule has 21 heavy (non-hydrogen) atoms. The van der Waals surface area contributed by atoms with E-state index in [4.69, 9.17) is 9.47 Å². The Hall–Kier alpha value is -2.01. The topological polar surface area (TPSA) is 48.3 Å². The van der Waals surface area contributed by atoms with Gasteiger partial charge in [-0.2, -0.15) is 0 Å². The second-order valence-corrected chi connectivity index (χ2v) is 5.16. The van der Waals surface area contributed by atoms with Crippen molar-refractivity contribution >= 4 is 0 Å². The maximum absolute atomic E-state index is 5.70. The Morgan fingerprint density at radius 2 is 2.10 bits per heavy atom. The van der Waals surface area contributed by atoms with E-state index >= 15 is 0 Å². The van der Waals surface area contributed by atoms with Crippen LogP contribution in [0, 0.1) is 0 Å². The number of aromatic nitrogens is 2. The lowest BCUT2D eigenvalue weighted by molar-refractivity contribution is 0.297. The van der Waals surface area contributed by atoms with Crippen LogP contribution in [0.3, 0.4) is 0 Å². The van der Waals surface area contributed by atoms with Crippen LogP contribution in [0.2, 0.25) is 0 Å². The van der Waals surface area contributed by atoms with E-state index in [9.17, 15) is 0 Å². The summed E-state index contributed by atoms with van der Waals surface area (Å²) in [6, 6.07) is 6.17. The first kappa shape index (κ1) is 13.9. The van der Waals surface area contributed by atoms with Crippen molar-refractivity contribution in [1.29, 1.82) is 0 Å². The zero-order chi connectivity index (χ0) is 14.3. The molecule has 1 N–H and O–H groups in total. The summed E-state index contributed by atoms with van der Waals surface area (Å²) in [7, 11) is 0. The molecule has 2 heterocycles. The van der Waals surface area contributed by atoms with Crippen molar-refractivity contribution in [2.24, 2.45) is 0 Å². The van der Waals surface area contributed by atoms with Crippen LogP contribution < -0.4 is 14.8 Å². The molecule has 3 rings (SSSR count). The summed E-state index contributed by atoms with van der Waals surface area (Å²) in [5.74, 6) is 1.72. The molecule has 0 amide bonds. The molecule has 112 valence electrons. The first-order valence-electron chi connectivity index (χ1n) is 7.47. The summed E-state index contributed by atoms with van der Waals surface area (Å²) < 4.78 is 13.4. The SMILES string of the molecule is c1cn(CCCNCc2ccc3c(c2)OCCCO3)cn1. The van der Waals surface area contributed by atoms with E-state index in [1.54, 1.807) is 0 Å². The van der Waals surface area contributed by atoms with Gasteiger partial charge in [-0.15, -0.1) is 0 Å². The van der Waals surface area contributed by atoms with Gasteiger partial charge < -0.3 is 19.4 Å². The average Bonchev–Trinajstić information content (AvgIpc) is 2.91. The van der Waals surface area contributed by atoms with Crippen molar-refractivity contribution in [3.63, 3.8) is 0 Å². The van der Waals surface area contributed by atoms with E-state index in [2.05, 4.69) is 27.0 Å². The normalized spacial score (nSPS) is 13.9. The van der Waals surface area contributed by atoms with Gasteiger partial charge in [-0.25, -0.2) is 4.98 Å². The molecular weight excluding hydrogens is 266 g/mol. The smallest absolute Gasteiger partial charge is 0.161 e. The zero-order valence-electron chi connectivity index (χ0n) is 12.1. The Morgan fingerprint density at radius 3 is 2.95 bits per heavy atom. The predicted molar refractivity (Wildman–Crippen MR) is 80.6 cm³/mol. The minimum absolute atomic E-state index is 0.731. The Labute approximate surface area is 124 Å². The summed E-state index contributed by atoms with van der Waals surface area (Å²) in [4.78, 5) is 4.03. The van der Waals surface area contributed by atoms with Crippen molar-refractivity contribution in [2.45, 2.75) is 25.9 Å². The van der Waals surface area contributed by atoms with E-state index in [1.165, 1.54) is 5.56 Å². The summed E-state index contributed by atoms with van der Waals surface area (Å²) in [6.07, 6.45) is 7.68. The third-order valence-corrected chi connectivity index (χ3v) is 3.47. The van der Waals surface area contributed by atoms with Crippen LogP contribution in [-0.4, -0.2) is 29.3 Å². The Bertz CT molecular complexity index is 555. The van der Waals surface area contributed by atoms with Gasteiger partial charge in [0.25, 0.3) is 0 Å². The van der Waals surface area contributed by atoms with Gasteiger partial charge in [-0.1, -0.05) is 6.07 Å². The maximum atomic E-state index is 5.70. The number of ether oxygens (including phenoxy) is 2. The highest BCUT2D eigenvalue weighted by molar-refractivity contribution is 5.43. The van der Waals surface area contributed by atoms with Gasteiger partial charge >= 0.3 is 0 Å². The van der Waals surface area contributed by atoms with Gasteiger partial charge in [0.2, 0.25) is 0 Å². The Kier molecular flexibility index (Phi) is 4.74.